The fourth-order valence-corrected chi connectivity index (χ4v) is 6.72. The minimum absolute atomic E-state index is 0.0684. The lowest BCUT2D eigenvalue weighted by Gasteiger charge is -2.42. The van der Waals surface area contributed by atoms with Gasteiger partial charge in [0.2, 0.25) is 11.8 Å². The van der Waals surface area contributed by atoms with E-state index in [4.69, 9.17) is 4.74 Å². The van der Waals surface area contributed by atoms with Gasteiger partial charge in [0.15, 0.2) is 23.1 Å². The minimum atomic E-state index is -0.809. The first-order valence-electron chi connectivity index (χ1n) is 13.4. The van der Waals surface area contributed by atoms with Crippen LogP contribution < -0.4 is 9.64 Å². The van der Waals surface area contributed by atoms with Crippen molar-refractivity contribution in [2.45, 2.75) is 32.6 Å². The highest BCUT2D eigenvalue weighted by molar-refractivity contribution is 6.25. The van der Waals surface area contributed by atoms with Crippen molar-refractivity contribution in [2.24, 2.45) is 17.8 Å². The molecule has 1 heterocycles. The number of fused-ring (bicyclic) bond motifs is 3. The highest BCUT2D eigenvalue weighted by Crippen LogP contribution is 2.56. The average molecular weight is 555 g/mol. The zero-order chi connectivity index (χ0) is 29.2. The van der Waals surface area contributed by atoms with Crippen LogP contribution in [0.5, 0.6) is 11.5 Å². The molecule has 10 nitrogen and oxygen atoms in total. The Hall–Kier alpha value is -4.86. The zero-order valence-electron chi connectivity index (χ0n) is 22.3. The van der Waals surface area contributed by atoms with E-state index in [0.717, 1.165) is 10.5 Å². The molecule has 1 saturated heterocycles. The fraction of sp³-hybridized carbons (Fsp3) is 0.290. The Labute approximate surface area is 234 Å². The van der Waals surface area contributed by atoms with Gasteiger partial charge >= 0.3 is 0 Å². The smallest absolute Gasteiger partial charge is 0.271 e. The van der Waals surface area contributed by atoms with E-state index in [2.05, 4.69) is 0 Å². The summed E-state index contributed by atoms with van der Waals surface area (Å²) in [5, 5.41) is 21.7. The number of carbonyl (C=O) groups excluding carboxylic acids is 4. The van der Waals surface area contributed by atoms with Gasteiger partial charge in [-0.25, -0.2) is 4.90 Å². The molecule has 41 heavy (non-hydrogen) atoms. The maximum absolute atomic E-state index is 13.9. The van der Waals surface area contributed by atoms with Crippen LogP contribution in [0.15, 0.2) is 76.9 Å². The van der Waals surface area contributed by atoms with Gasteiger partial charge in [0.1, 0.15) is 0 Å². The number of phenols is 1. The molecule has 0 aromatic heterocycles. The number of nitro benzene ring substituents is 1. The summed E-state index contributed by atoms with van der Waals surface area (Å²) in [7, 11) is 0. The van der Waals surface area contributed by atoms with E-state index in [0.29, 0.717) is 28.9 Å². The summed E-state index contributed by atoms with van der Waals surface area (Å²) in [6, 6.07) is 10.2. The summed E-state index contributed by atoms with van der Waals surface area (Å²) in [5.74, 6) is -4.08. The third-order valence-electron chi connectivity index (χ3n) is 8.48. The third kappa shape index (κ3) is 4.01. The number of rotatable bonds is 5. The number of amides is 2. The third-order valence-corrected chi connectivity index (χ3v) is 8.48. The molecule has 4 atom stereocenters. The molecule has 2 aromatic rings. The van der Waals surface area contributed by atoms with E-state index in [1.165, 1.54) is 36.4 Å². The van der Waals surface area contributed by atoms with Gasteiger partial charge < -0.3 is 9.84 Å². The number of allylic oxidation sites excluding steroid dienone is 6. The Kier molecular flexibility index (Phi) is 6.21. The van der Waals surface area contributed by atoms with Crippen LogP contribution in [0.25, 0.3) is 0 Å². The molecule has 208 valence electrons. The number of benzene rings is 2. The second-order valence-corrected chi connectivity index (χ2v) is 10.7. The molecule has 6 rings (SSSR count). The minimum Gasteiger partial charge on any atom is -0.504 e. The summed E-state index contributed by atoms with van der Waals surface area (Å²) < 4.78 is 5.60. The number of carbonyl (C=O) groups is 4. The van der Waals surface area contributed by atoms with Gasteiger partial charge in [-0.2, -0.15) is 0 Å². The predicted octanol–water partition coefficient (Wildman–Crippen LogP) is 4.33. The molecule has 4 aliphatic rings. The van der Waals surface area contributed by atoms with Crippen molar-refractivity contribution in [3.63, 3.8) is 0 Å². The van der Waals surface area contributed by atoms with E-state index in [1.54, 1.807) is 26.0 Å². The van der Waals surface area contributed by atoms with Gasteiger partial charge in [-0.05, 0) is 62.4 Å². The molecule has 3 aliphatic carbocycles. The zero-order valence-corrected chi connectivity index (χ0v) is 22.3. The largest absolute Gasteiger partial charge is 0.504 e. The number of ether oxygens (including phenoxy) is 1. The van der Waals surface area contributed by atoms with Crippen molar-refractivity contribution >= 4 is 34.8 Å². The van der Waals surface area contributed by atoms with Gasteiger partial charge in [-0.3, -0.25) is 29.3 Å². The van der Waals surface area contributed by atoms with E-state index in [1.807, 2.05) is 6.08 Å². The first-order valence-corrected chi connectivity index (χ1v) is 13.4. The van der Waals surface area contributed by atoms with Crippen molar-refractivity contribution < 1.29 is 33.9 Å². The van der Waals surface area contributed by atoms with Gasteiger partial charge in [-0.15, -0.1) is 0 Å². The first-order chi connectivity index (χ1) is 19.6. The molecular formula is C31H26N2O8. The number of hydrogen-bond donors (Lipinski definition) is 1. The second kappa shape index (κ2) is 9.65. The molecule has 2 aromatic carbocycles. The Balaban J connectivity index is 1.47. The predicted molar refractivity (Wildman–Crippen MR) is 146 cm³/mol. The standard InChI is InChI=1S/C31H26N2O8/c1-3-41-25-12-16(7-10-23(25)34)26-19-8-9-20-27(21(19)14-22-24(35)11-15(2)29(36)28(22)26)31(38)32(30(20)37)17-5-4-6-18(13-17)33(39)40/h4-8,10-13,20-21,26-27,34H,3,9,14H2,1-2H3. The lowest BCUT2D eigenvalue weighted by Crippen LogP contribution is -2.39. The van der Waals surface area contributed by atoms with Crippen LogP contribution in [0, 0.1) is 27.9 Å². The molecule has 0 radical (unpaired) electrons. The summed E-state index contributed by atoms with van der Waals surface area (Å²) in [4.78, 5) is 66.1. The number of non-ortho nitro benzene ring substituents is 1. The van der Waals surface area contributed by atoms with Crippen molar-refractivity contribution in [3.8, 4) is 11.5 Å². The number of ketones is 2. The summed E-state index contributed by atoms with van der Waals surface area (Å²) in [6.45, 7) is 3.67. The Morgan fingerprint density at radius 1 is 1.07 bits per heavy atom. The van der Waals surface area contributed by atoms with Crippen molar-refractivity contribution in [1.29, 1.82) is 0 Å². The molecule has 4 unspecified atom stereocenters. The first kappa shape index (κ1) is 26.4. The number of nitrogens with zero attached hydrogens (tertiary/aromatic N) is 2. The molecule has 10 heteroatoms. The molecule has 2 amide bonds. The molecule has 1 fully saturated rings. The normalized spacial score (nSPS) is 25.4. The number of anilines is 1. The molecule has 0 spiro atoms. The van der Waals surface area contributed by atoms with E-state index in [-0.39, 0.29) is 47.3 Å². The van der Waals surface area contributed by atoms with Crippen LogP contribution >= 0.6 is 0 Å². The lowest BCUT2D eigenvalue weighted by molar-refractivity contribution is -0.384. The average Bonchev–Trinajstić information content (AvgIpc) is 3.21. The second-order valence-electron chi connectivity index (χ2n) is 10.7. The van der Waals surface area contributed by atoms with Crippen LogP contribution in [0.3, 0.4) is 0 Å². The maximum Gasteiger partial charge on any atom is 0.271 e. The number of phenolic OH excluding ortho intramolecular Hbond substituents is 1. The van der Waals surface area contributed by atoms with Crippen molar-refractivity contribution in [1.82, 2.24) is 0 Å². The lowest BCUT2D eigenvalue weighted by atomic mass is 9.59. The summed E-state index contributed by atoms with van der Waals surface area (Å²) in [6.07, 6.45) is 3.55. The van der Waals surface area contributed by atoms with Gasteiger partial charge in [0.05, 0.1) is 29.1 Å². The molecule has 1 aliphatic heterocycles. The fourth-order valence-electron chi connectivity index (χ4n) is 6.72. The Bertz CT molecular complexity index is 1670. The maximum atomic E-state index is 13.9. The van der Waals surface area contributed by atoms with Crippen LogP contribution in [0.4, 0.5) is 11.4 Å². The van der Waals surface area contributed by atoms with Crippen LogP contribution in [-0.4, -0.2) is 40.0 Å². The van der Waals surface area contributed by atoms with Gasteiger partial charge in [0.25, 0.3) is 5.69 Å². The van der Waals surface area contributed by atoms with Crippen LogP contribution in [0.2, 0.25) is 0 Å². The SMILES string of the molecule is CCOc1cc(C2C3=CCC4C(=O)N(c5cccc([N+](=O)[O-])c5)C(=O)C4C3CC3=C2C(=O)C(C)=CC3=O)ccc1O. The number of aromatic hydroxyl groups is 1. The van der Waals surface area contributed by atoms with Crippen molar-refractivity contribution in [3.05, 3.63) is 92.6 Å². The van der Waals surface area contributed by atoms with E-state index in [9.17, 15) is 34.4 Å². The summed E-state index contributed by atoms with van der Waals surface area (Å²) >= 11 is 0. The monoisotopic (exact) mass is 554 g/mol. The number of imide groups is 1. The highest BCUT2D eigenvalue weighted by atomic mass is 16.6. The molecule has 1 N–H and O–H groups in total. The molecule has 0 bridgehead atoms. The van der Waals surface area contributed by atoms with E-state index < -0.39 is 40.4 Å². The van der Waals surface area contributed by atoms with E-state index >= 15 is 0 Å². The number of hydrogen-bond acceptors (Lipinski definition) is 8. The molecule has 0 saturated carbocycles. The molecular weight excluding hydrogens is 528 g/mol. The number of Topliss-reactive ketones (excluding diaryl/α,β-unsaturated/α-hetero) is 1. The number of nitro groups is 1. The van der Waals surface area contributed by atoms with Gasteiger partial charge in [0, 0.05) is 34.8 Å². The Morgan fingerprint density at radius 3 is 2.59 bits per heavy atom. The summed E-state index contributed by atoms with van der Waals surface area (Å²) in [5.41, 5.74) is 2.24. The Morgan fingerprint density at radius 2 is 1.85 bits per heavy atom. The van der Waals surface area contributed by atoms with Crippen molar-refractivity contribution in [2.75, 3.05) is 11.5 Å². The quantitative estimate of drug-likeness (QED) is 0.189. The van der Waals surface area contributed by atoms with Crippen LogP contribution in [0.1, 0.15) is 38.2 Å². The highest BCUT2D eigenvalue weighted by Gasteiger charge is 2.56. The topological polar surface area (TPSA) is 144 Å². The van der Waals surface area contributed by atoms with Crippen LogP contribution in [-0.2, 0) is 19.2 Å². The van der Waals surface area contributed by atoms with Gasteiger partial charge in [-0.1, -0.05) is 23.8 Å².